The Hall–Kier alpha value is -0.910. The molecular weight excluding hydrogens is 218 g/mol. The first-order chi connectivity index (χ1) is 8.09. The first-order valence-corrected chi connectivity index (χ1v) is 6.11. The van der Waals surface area contributed by atoms with Gasteiger partial charge >= 0.3 is 0 Å². The number of aliphatic hydroxyl groups excluding tert-OH is 2. The predicted octanol–water partition coefficient (Wildman–Crippen LogP) is 0.385. The molecule has 3 N–H and O–H groups in total. The van der Waals surface area contributed by atoms with Gasteiger partial charge in [-0.25, -0.2) is 0 Å². The van der Waals surface area contributed by atoms with Crippen LogP contribution in [0.25, 0.3) is 0 Å². The maximum atomic E-state index is 9.86. The number of β-amino-alcohol motifs (C(OH)–C–C–N with tert-alkyl or cyclic N) is 1. The maximum Gasteiger partial charge on any atom is 0.0860 e. The Morgan fingerprint density at radius 2 is 2.29 bits per heavy atom. The zero-order chi connectivity index (χ0) is 12.7. The van der Waals surface area contributed by atoms with Gasteiger partial charge in [0.25, 0.3) is 0 Å². The Balaban J connectivity index is 2.33. The SMILES string of the molecule is CCC(C)(CCO)NCC(O)Cn1cccn1. The Bertz CT molecular complexity index is 303. The van der Waals surface area contributed by atoms with Gasteiger partial charge in [-0.05, 0) is 25.8 Å². The van der Waals surface area contributed by atoms with Crippen LogP contribution in [-0.2, 0) is 6.54 Å². The van der Waals surface area contributed by atoms with E-state index in [2.05, 4.69) is 24.3 Å². The highest BCUT2D eigenvalue weighted by molar-refractivity contribution is 4.83. The van der Waals surface area contributed by atoms with E-state index in [1.807, 2.05) is 12.3 Å². The summed E-state index contributed by atoms with van der Waals surface area (Å²) in [5, 5.41) is 26.2. The first kappa shape index (κ1) is 14.2. The smallest absolute Gasteiger partial charge is 0.0860 e. The zero-order valence-corrected chi connectivity index (χ0v) is 10.6. The van der Waals surface area contributed by atoms with E-state index in [1.165, 1.54) is 0 Å². The molecule has 5 nitrogen and oxygen atoms in total. The van der Waals surface area contributed by atoms with Gasteiger partial charge in [0, 0.05) is 31.1 Å². The summed E-state index contributed by atoms with van der Waals surface area (Å²) in [5.41, 5.74) is -0.111. The Morgan fingerprint density at radius 3 is 2.82 bits per heavy atom. The highest BCUT2D eigenvalue weighted by atomic mass is 16.3. The summed E-state index contributed by atoms with van der Waals surface area (Å²) in [6, 6.07) is 1.84. The Morgan fingerprint density at radius 1 is 1.53 bits per heavy atom. The largest absolute Gasteiger partial charge is 0.396 e. The molecule has 0 fully saturated rings. The van der Waals surface area contributed by atoms with Crippen molar-refractivity contribution in [1.29, 1.82) is 0 Å². The molecule has 0 spiro atoms. The van der Waals surface area contributed by atoms with Gasteiger partial charge in [-0.2, -0.15) is 5.10 Å². The van der Waals surface area contributed by atoms with Crippen molar-refractivity contribution in [1.82, 2.24) is 15.1 Å². The second kappa shape index (κ2) is 6.74. The quantitative estimate of drug-likeness (QED) is 0.615. The monoisotopic (exact) mass is 241 g/mol. The van der Waals surface area contributed by atoms with Gasteiger partial charge < -0.3 is 15.5 Å². The van der Waals surface area contributed by atoms with E-state index in [9.17, 15) is 5.11 Å². The maximum absolute atomic E-state index is 9.86. The van der Waals surface area contributed by atoms with Gasteiger partial charge in [0.05, 0.1) is 12.6 Å². The van der Waals surface area contributed by atoms with Crippen molar-refractivity contribution in [3.05, 3.63) is 18.5 Å². The molecule has 1 aromatic heterocycles. The van der Waals surface area contributed by atoms with E-state index in [0.29, 0.717) is 19.5 Å². The second-order valence-corrected chi connectivity index (χ2v) is 4.65. The van der Waals surface area contributed by atoms with E-state index < -0.39 is 6.10 Å². The van der Waals surface area contributed by atoms with Crippen molar-refractivity contribution < 1.29 is 10.2 Å². The fourth-order valence-corrected chi connectivity index (χ4v) is 1.69. The molecule has 5 heteroatoms. The lowest BCUT2D eigenvalue weighted by Gasteiger charge is -2.30. The minimum Gasteiger partial charge on any atom is -0.396 e. The fraction of sp³-hybridized carbons (Fsp3) is 0.750. The van der Waals surface area contributed by atoms with Gasteiger partial charge in [-0.1, -0.05) is 6.92 Å². The lowest BCUT2D eigenvalue weighted by Crippen LogP contribution is -2.46. The number of hydrogen-bond acceptors (Lipinski definition) is 4. The summed E-state index contributed by atoms with van der Waals surface area (Å²) in [5.74, 6) is 0. The first-order valence-electron chi connectivity index (χ1n) is 6.11. The molecule has 0 saturated heterocycles. The molecule has 0 bridgehead atoms. The van der Waals surface area contributed by atoms with Gasteiger partial charge in [-0.3, -0.25) is 4.68 Å². The number of hydrogen-bond donors (Lipinski definition) is 3. The van der Waals surface area contributed by atoms with Crippen LogP contribution in [0, 0.1) is 0 Å². The number of rotatable bonds is 8. The molecule has 1 rings (SSSR count). The minimum atomic E-state index is -0.473. The molecular formula is C12H23N3O2. The minimum absolute atomic E-state index is 0.111. The fourth-order valence-electron chi connectivity index (χ4n) is 1.69. The second-order valence-electron chi connectivity index (χ2n) is 4.65. The molecule has 0 aromatic carbocycles. The summed E-state index contributed by atoms with van der Waals surface area (Å²) in [6.45, 7) is 5.28. The van der Waals surface area contributed by atoms with E-state index in [1.54, 1.807) is 10.9 Å². The van der Waals surface area contributed by atoms with Gasteiger partial charge in [0.2, 0.25) is 0 Å². The van der Waals surface area contributed by atoms with Crippen molar-refractivity contribution in [3.8, 4) is 0 Å². The lowest BCUT2D eigenvalue weighted by molar-refractivity contribution is 0.125. The number of aliphatic hydroxyl groups is 2. The number of nitrogens with zero attached hydrogens (tertiary/aromatic N) is 2. The summed E-state index contributed by atoms with van der Waals surface area (Å²) in [6.07, 6.45) is 4.66. The number of nitrogens with one attached hydrogen (secondary N) is 1. The Kier molecular flexibility index (Phi) is 5.61. The lowest BCUT2D eigenvalue weighted by atomic mass is 9.95. The normalized spacial score (nSPS) is 16.7. The van der Waals surface area contributed by atoms with Crippen LogP contribution in [0.15, 0.2) is 18.5 Å². The standard InChI is InChI=1S/C12H23N3O2/c1-3-12(2,5-8-16)13-9-11(17)10-15-7-4-6-14-15/h4,6-7,11,13,16-17H,3,5,8-10H2,1-2H3. The van der Waals surface area contributed by atoms with Crippen molar-refractivity contribution in [3.63, 3.8) is 0 Å². The molecule has 0 aliphatic carbocycles. The molecule has 0 aliphatic heterocycles. The van der Waals surface area contributed by atoms with E-state index in [-0.39, 0.29) is 12.1 Å². The van der Waals surface area contributed by atoms with Crippen LogP contribution in [0.3, 0.4) is 0 Å². The van der Waals surface area contributed by atoms with Crippen LogP contribution < -0.4 is 5.32 Å². The highest BCUT2D eigenvalue weighted by Crippen LogP contribution is 2.13. The highest BCUT2D eigenvalue weighted by Gasteiger charge is 2.21. The van der Waals surface area contributed by atoms with E-state index >= 15 is 0 Å². The summed E-state index contributed by atoms with van der Waals surface area (Å²) in [4.78, 5) is 0. The van der Waals surface area contributed by atoms with Crippen LogP contribution in [-0.4, -0.2) is 44.8 Å². The van der Waals surface area contributed by atoms with Crippen LogP contribution in [0.2, 0.25) is 0 Å². The van der Waals surface area contributed by atoms with E-state index in [4.69, 9.17) is 5.11 Å². The molecule has 1 aromatic rings. The average molecular weight is 241 g/mol. The average Bonchev–Trinajstić information content (AvgIpc) is 2.80. The molecule has 0 amide bonds. The van der Waals surface area contributed by atoms with Crippen LogP contribution >= 0.6 is 0 Å². The van der Waals surface area contributed by atoms with Crippen molar-refractivity contribution in [2.24, 2.45) is 0 Å². The van der Waals surface area contributed by atoms with Gasteiger partial charge in [0.15, 0.2) is 0 Å². The molecule has 98 valence electrons. The Labute approximate surface area is 102 Å². The molecule has 1 heterocycles. The summed E-state index contributed by atoms with van der Waals surface area (Å²) < 4.78 is 1.71. The van der Waals surface area contributed by atoms with Gasteiger partial charge in [0.1, 0.15) is 0 Å². The summed E-state index contributed by atoms with van der Waals surface area (Å²) >= 11 is 0. The molecule has 17 heavy (non-hydrogen) atoms. The van der Waals surface area contributed by atoms with Crippen molar-refractivity contribution in [2.75, 3.05) is 13.2 Å². The van der Waals surface area contributed by atoms with E-state index in [0.717, 1.165) is 6.42 Å². The zero-order valence-electron chi connectivity index (χ0n) is 10.6. The molecule has 0 saturated carbocycles. The number of aromatic nitrogens is 2. The van der Waals surface area contributed by atoms with Crippen molar-refractivity contribution >= 4 is 0 Å². The molecule has 2 unspecified atom stereocenters. The van der Waals surface area contributed by atoms with Crippen LogP contribution in [0.5, 0.6) is 0 Å². The summed E-state index contributed by atoms with van der Waals surface area (Å²) in [7, 11) is 0. The molecule has 2 atom stereocenters. The van der Waals surface area contributed by atoms with Crippen LogP contribution in [0.1, 0.15) is 26.7 Å². The van der Waals surface area contributed by atoms with Crippen LogP contribution in [0.4, 0.5) is 0 Å². The predicted molar refractivity (Wildman–Crippen MR) is 66.6 cm³/mol. The third-order valence-electron chi connectivity index (χ3n) is 3.17. The van der Waals surface area contributed by atoms with Gasteiger partial charge in [-0.15, -0.1) is 0 Å². The third-order valence-corrected chi connectivity index (χ3v) is 3.17. The van der Waals surface area contributed by atoms with Crippen molar-refractivity contribution in [2.45, 2.75) is 44.9 Å². The molecule has 0 radical (unpaired) electrons. The topological polar surface area (TPSA) is 70.3 Å². The third kappa shape index (κ3) is 4.85. The molecule has 0 aliphatic rings.